The largest absolute Gasteiger partial charge is 0.364 e. The Morgan fingerprint density at radius 2 is 2.18 bits per heavy atom. The van der Waals surface area contributed by atoms with E-state index in [1.54, 1.807) is 29.1 Å². The standard InChI is InChI=1S/C12H11N3O2/c1-8-6-10(3-2-9(8)7-16)15-5-4-11(14-15)12(13)17/h2-7H,1H3,(H2,13,17). The van der Waals surface area contributed by atoms with E-state index in [9.17, 15) is 9.59 Å². The fraction of sp³-hybridized carbons (Fsp3) is 0.0833. The Morgan fingerprint density at radius 3 is 2.71 bits per heavy atom. The fourth-order valence-corrected chi connectivity index (χ4v) is 1.53. The number of carbonyl (C=O) groups is 2. The van der Waals surface area contributed by atoms with E-state index in [-0.39, 0.29) is 5.69 Å². The van der Waals surface area contributed by atoms with Crippen LogP contribution in [0.1, 0.15) is 26.4 Å². The summed E-state index contributed by atoms with van der Waals surface area (Å²) in [6.07, 6.45) is 2.45. The van der Waals surface area contributed by atoms with Crippen molar-refractivity contribution in [3.8, 4) is 5.69 Å². The van der Waals surface area contributed by atoms with Crippen LogP contribution in [0.3, 0.4) is 0 Å². The van der Waals surface area contributed by atoms with Gasteiger partial charge in [-0.25, -0.2) is 4.68 Å². The lowest BCUT2D eigenvalue weighted by atomic mass is 10.1. The van der Waals surface area contributed by atoms with Gasteiger partial charge in [0.2, 0.25) is 0 Å². The van der Waals surface area contributed by atoms with Crippen molar-refractivity contribution >= 4 is 12.2 Å². The molecule has 0 aliphatic rings. The third-order valence-corrected chi connectivity index (χ3v) is 2.49. The van der Waals surface area contributed by atoms with Crippen molar-refractivity contribution in [1.29, 1.82) is 0 Å². The summed E-state index contributed by atoms with van der Waals surface area (Å²) in [4.78, 5) is 21.6. The summed E-state index contributed by atoms with van der Waals surface area (Å²) in [6.45, 7) is 1.84. The molecule has 0 bridgehead atoms. The number of aryl methyl sites for hydroxylation is 1. The van der Waals surface area contributed by atoms with Crippen molar-refractivity contribution in [3.63, 3.8) is 0 Å². The average molecular weight is 229 g/mol. The molecule has 1 aromatic carbocycles. The van der Waals surface area contributed by atoms with Gasteiger partial charge in [-0.1, -0.05) is 0 Å². The molecule has 0 aliphatic carbocycles. The lowest BCUT2D eigenvalue weighted by Crippen LogP contribution is -2.12. The molecule has 2 rings (SSSR count). The molecular formula is C12H11N3O2. The maximum absolute atomic E-state index is 10.9. The van der Waals surface area contributed by atoms with Crippen LogP contribution in [0.15, 0.2) is 30.5 Å². The highest BCUT2D eigenvalue weighted by molar-refractivity contribution is 5.90. The molecule has 1 aromatic heterocycles. The normalized spacial score (nSPS) is 10.2. The maximum Gasteiger partial charge on any atom is 0.269 e. The van der Waals surface area contributed by atoms with Crippen LogP contribution < -0.4 is 5.73 Å². The third kappa shape index (κ3) is 2.08. The Morgan fingerprint density at radius 1 is 1.41 bits per heavy atom. The first-order valence-electron chi connectivity index (χ1n) is 5.03. The van der Waals surface area contributed by atoms with Gasteiger partial charge in [-0.3, -0.25) is 9.59 Å². The van der Waals surface area contributed by atoms with E-state index in [1.807, 2.05) is 13.0 Å². The predicted molar refractivity (Wildman–Crippen MR) is 62.2 cm³/mol. The monoisotopic (exact) mass is 229 g/mol. The summed E-state index contributed by atoms with van der Waals surface area (Å²) in [5.74, 6) is -0.565. The number of nitrogens with zero attached hydrogens (tertiary/aromatic N) is 2. The summed E-state index contributed by atoms with van der Waals surface area (Å²) in [6, 6.07) is 6.84. The quantitative estimate of drug-likeness (QED) is 0.800. The van der Waals surface area contributed by atoms with E-state index in [0.717, 1.165) is 17.5 Å². The van der Waals surface area contributed by atoms with E-state index in [1.165, 1.54) is 0 Å². The van der Waals surface area contributed by atoms with Gasteiger partial charge in [0.15, 0.2) is 0 Å². The molecule has 0 aliphatic heterocycles. The average Bonchev–Trinajstić information content (AvgIpc) is 2.78. The topological polar surface area (TPSA) is 78.0 Å². The number of aldehydes is 1. The second-order valence-corrected chi connectivity index (χ2v) is 3.67. The van der Waals surface area contributed by atoms with Crippen LogP contribution in [-0.4, -0.2) is 22.0 Å². The van der Waals surface area contributed by atoms with Crippen molar-refractivity contribution in [2.45, 2.75) is 6.92 Å². The van der Waals surface area contributed by atoms with E-state index >= 15 is 0 Å². The molecule has 0 atom stereocenters. The van der Waals surface area contributed by atoms with Crippen LogP contribution in [-0.2, 0) is 0 Å². The van der Waals surface area contributed by atoms with E-state index in [4.69, 9.17) is 5.73 Å². The van der Waals surface area contributed by atoms with Gasteiger partial charge in [0.25, 0.3) is 5.91 Å². The first-order chi connectivity index (χ1) is 8.11. The molecule has 5 heteroatoms. The van der Waals surface area contributed by atoms with Gasteiger partial charge in [-0.15, -0.1) is 0 Å². The Kier molecular flexibility index (Phi) is 2.74. The second-order valence-electron chi connectivity index (χ2n) is 3.67. The van der Waals surface area contributed by atoms with Crippen molar-refractivity contribution < 1.29 is 9.59 Å². The van der Waals surface area contributed by atoms with Gasteiger partial charge < -0.3 is 5.73 Å². The van der Waals surface area contributed by atoms with Gasteiger partial charge in [0.05, 0.1) is 5.69 Å². The van der Waals surface area contributed by atoms with Crippen LogP contribution in [0, 0.1) is 6.92 Å². The number of carbonyl (C=O) groups excluding carboxylic acids is 2. The SMILES string of the molecule is Cc1cc(-n2ccc(C(N)=O)n2)ccc1C=O. The lowest BCUT2D eigenvalue weighted by Gasteiger charge is -2.04. The van der Waals surface area contributed by atoms with Gasteiger partial charge in [-0.05, 0) is 36.8 Å². The molecule has 86 valence electrons. The number of hydrogen-bond donors (Lipinski definition) is 1. The first kappa shape index (κ1) is 11.1. The highest BCUT2D eigenvalue weighted by Gasteiger charge is 2.06. The lowest BCUT2D eigenvalue weighted by molar-refractivity contribution is 0.0994. The molecule has 0 saturated carbocycles. The molecular weight excluding hydrogens is 218 g/mol. The molecule has 2 N–H and O–H groups in total. The van der Waals surface area contributed by atoms with Gasteiger partial charge in [0, 0.05) is 11.8 Å². The minimum Gasteiger partial charge on any atom is -0.364 e. The van der Waals surface area contributed by atoms with E-state index < -0.39 is 5.91 Å². The summed E-state index contributed by atoms with van der Waals surface area (Å²) in [7, 11) is 0. The Balaban J connectivity index is 2.42. The first-order valence-corrected chi connectivity index (χ1v) is 5.03. The van der Waals surface area contributed by atoms with Crippen LogP contribution in [0.25, 0.3) is 5.69 Å². The molecule has 2 aromatic rings. The van der Waals surface area contributed by atoms with Crippen molar-refractivity contribution in [3.05, 3.63) is 47.3 Å². The molecule has 0 spiro atoms. The van der Waals surface area contributed by atoms with Crippen LogP contribution >= 0.6 is 0 Å². The molecule has 0 saturated heterocycles. The Hall–Kier alpha value is -2.43. The van der Waals surface area contributed by atoms with Crippen molar-refractivity contribution in [2.24, 2.45) is 5.73 Å². The van der Waals surface area contributed by atoms with Gasteiger partial charge in [-0.2, -0.15) is 5.10 Å². The molecule has 0 unspecified atom stereocenters. The third-order valence-electron chi connectivity index (χ3n) is 2.49. The molecule has 1 amide bonds. The molecule has 1 heterocycles. The summed E-state index contributed by atoms with van der Waals surface area (Å²) < 4.78 is 1.54. The summed E-state index contributed by atoms with van der Waals surface area (Å²) in [5.41, 5.74) is 7.60. The zero-order valence-electron chi connectivity index (χ0n) is 9.25. The highest BCUT2D eigenvalue weighted by Crippen LogP contribution is 2.13. The fourth-order valence-electron chi connectivity index (χ4n) is 1.53. The maximum atomic E-state index is 10.9. The minimum absolute atomic E-state index is 0.210. The summed E-state index contributed by atoms with van der Waals surface area (Å²) >= 11 is 0. The van der Waals surface area contributed by atoms with E-state index in [2.05, 4.69) is 5.10 Å². The zero-order valence-corrected chi connectivity index (χ0v) is 9.25. The second kappa shape index (κ2) is 4.21. The number of benzene rings is 1. The van der Waals surface area contributed by atoms with Crippen LogP contribution in [0.4, 0.5) is 0 Å². The Labute approximate surface area is 97.9 Å². The van der Waals surface area contributed by atoms with Crippen molar-refractivity contribution in [1.82, 2.24) is 9.78 Å². The smallest absolute Gasteiger partial charge is 0.269 e. The van der Waals surface area contributed by atoms with Crippen molar-refractivity contribution in [2.75, 3.05) is 0 Å². The number of amides is 1. The molecule has 0 radical (unpaired) electrons. The molecule has 17 heavy (non-hydrogen) atoms. The minimum atomic E-state index is -0.565. The number of rotatable bonds is 3. The van der Waals surface area contributed by atoms with E-state index in [0.29, 0.717) is 5.56 Å². The number of primary amides is 1. The predicted octanol–water partition coefficient (Wildman–Crippen LogP) is 1.09. The Bertz CT molecular complexity index is 587. The molecule has 5 nitrogen and oxygen atoms in total. The van der Waals surface area contributed by atoms with Gasteiger partial charge in [0.1, 0.15) is 12.0 Å². The number of nitrogens with two attached hydrogens (primary N) is 1. The van der Waals surface area contributed by atoms with Gasteiger partial charge >= 0.3 is 0 Å². The molecule has 0 fully saturated rings. The summed E-state index contributed by atoms with van der Waals surface area (Å²) in [5, 5.41) is 4.03. The zero-order chi connectivity index (χ0) is 12.4. The van der Waals surface area contributed by atoms with Crippen LogP contribution in [0.5, 0.6) is 0 Å². The number of aromatic nitrogens is 2. The number of hydrogen-bond acceptors (Lipinski definition) is 3. The van der Waals surface area contributed by atoms with Crippen LogP contribution in [0.2, 0.25) is 0 Å². The highest BCUT2D eigenvalue weighted by atomic mass is 16.1.